The van der Waals surface area contributed by atoms with E-state index in [1.807, 2.05) is 0 Å². The zero-order valence-electron chi connectivity index (χ0n) is 10.5. The second kappa shape index (κ2) is 4.92. The Bertz CT molecular complexity index is 670. The van der Waals surface area contributed by atoms with E-state index in [2.05, 4.69) is 0 Å². The Morgan fingerprint density at radius 1 is 1.10 bits per heavy atom. The fourth-order valence-electron chi connectivity index (χ4n) is 1.91. The highest BCUT2D eigenvalue weighted by Crippen LogP contribution is 2.37. The minimum absolute atomic E-state index is 0.0703. The Balaban J connectivity index is 2.69. The Morgan fingerprint density at radius 2 is 1.60 bits per heavy atom. The number of benzene rings is 1. The van der Waals surface area contributed by atoms with Crippen LogP contribution in [0.5, 0.6) is 0 Å². The van der Waals surface area contributed by atoms with Crippen molar-refractivity contribution in [1.29, 1.82) is 0 Å². The summed E-state index contributed by atoms with van der Waals surface area (Å²) in [5, 5.41) is 9.24. The number of carbonyl (C=O) groups is 3. The topological polar surface area (TPSA) is 74.7 Å². The lowest BCUT2D eigenvalue weighted by atomic mass is 10.1. The van der Waals surface area contributed by atoms with E-state index in [1.165, 1.54) is 19.9 Å². The van der Waals surface area contributed by atoms with Crippen molar-refractivity contribution >= 4 is 46.7 Å². The summed E-state index contributed by atoms with van der Waals surface area (Å²) in [6.07, 6.45) is 0. The van der Waals surface area contributed by atoms with Crippen molar-refractivity contribution in [3.63, 3.8) is 0 Å². The van der Waals surface area contributed by atoms with Crippen molar-refractivity contribution in [2.45, 2.75) is 13.8 Å². The quantitative estimate of drug-likeness (QED) is 0.852. The maximum absolute atomic E-state index is 12.1. The molecule has 7 heteroatoms. The Morgan fingerprint density at radius 3 is 2.05 bits per heavy atom. The van der Waals surface area contributed by atoms with Crippen LogP contribution in [0.1, 0.15) is 24.2 Å². The van der Waals surface area contributed by atoms with Gasteiger partial charge in [0.1, 0.15) is 0 Å². The lowest BCUT2D eigenvalue weighted by molar-refractivity contribution is -0.120. The molecule has 0 saturated heterocycles. The van der Waals surface area contributed by atoms with E-state index >= 15 is 0 Å². The molecular weight excluding hydrogens is 305 g/mol. The Labute approximate surface area is 124 Å². The van der Waals surface area contributed by atoms with Crippen LogP contribution in [0.15, 0.2) is 23.3 Å². The van der Waals surface area contributed by atoms with Crippen LogP contribution >= 0.6 is 23.2 Å². The molecule has 2 amide bonds. The molecule has 5 nitrogen and oxygen atoms in total. The summed E-state index contributed by atoms with van der Waals surface area (Å²) in [4.78, 5) is 36.3. The standard InChI is InChI=1S/C13H9Cl2NO4/c1-5-6(2)12(18)16(11(5)17)10-8(13(19)20)3-7(14)4-9(10)15/h3-4H,1-2H3,(H,19,20). The molecule has 0 unspecified atom stereocenters. The van der Waals surface area contributed by atoms with Crippen LogP contribution in [0, 0.1) is 0 Å². The van der Waals surface area contributed by atoms with Gasteiger partial charge in [-0.15, -0.1) is 0 Å². The second-order valence-electron chi connectivity index (χ2n) is 4.28. The van der Waals surface area contributed by atoms with Crippen molar-refractivity contribution < 1.29 is 19.5 Å². The van der Waals surface area contributed by atoms with Gasteiger partial charge in [-0.1, -0.05) is 23.2 Å². The van der Waals surface area contributed by atoms with Crippen LogP contribution in [0.4, 0.5) is 5.69 Å². The van der Waals surface area contributed by atoms with Gasteiger partial charge in [-0.05, 0) is 26.0 Å². The monoisotopic (exact) mass is 313 g/mol. The molecule has 1 heterocycles. The molecule has 0 aliphatic carbocycles. The number of imide groups is 1. The van der Waals surface area contributed by atoms with E-state index in [0.717, 1.165) is 11.0 Å². The summed E-state index contributed by atoms with van der Waals surface area (Å²) >= 11 is 11.7. The highest BCUT2D eigenvalue weighted by molar-refractivity contribution is 6.41. The molecule has 1 aromatic carbocycles. The second-order valence-corrected chi connectivity index (χ2v) is 5.13. The molecule has 1 N–H and O–H groups in total. The number of rotatable bonds is 2. The average molecular weight is 314 g/mol. The van der Waals surface area contributed by atoms with Gasteiger partial charge < -0.3 is 5.11 Å². The first-order valence-corrected chi connectivity index (χ1v) is 6.30. The number of nitrogens with zero attached hydrogens (tertiary/aromatic N) is 1. The predicted molar refractivity (Wildman–Crippen MR) is 74.3 cm³/mol. The molecule has 0 saturated carbocycles. The van der Waals surface area contributed by atoms with Gasteiger partial charge in [0, 0.05) is 16.2 Å². The zero-order valence-corrected chi connectivity index (χ0v) is 12.0. The molecule has 0 bridgehead atoms. The molecule has 0 fully saturated rings. The van der Waals surface area contributed by atoms with E-state index in [-0.39, 0.29) is 32.4 Å². The average Bonchev–Trinajstić information content (AvgIpc) is 2.54. The van der Waals surface area contributed by atoms with Crippen LogP contribution in [-0.4, -0.2) is 22.9 Å². The molecule has 1 aromatic rings. The normalized spacial score (nSPS) is 15.3. The van der Waals surface area contributed by atoms with E-state index < -0.39 is 17.8 Å². The summed E-state index contributed by atoms with van der Waals surface area (Å²) in [7, 11) is 0. The van der Waals surface area contributed by atoms with Crippen molar-refractivity contribution in [3.05, 3.63) is 38.9 Å². The van der Waals surface area contributed by atoms with Crippen molar-refractivity contribution in [2.75, 3.05) is 4.90 Å². The molecule has 20 heavy (non-hydrogen) atoms. The summed E-state index contributed by atoms with van der Waals surface area (Å²) in [6, 6.07) is 2.43. The van der Waals surface area contributed by atoms with Crippen LogP contribution in [-0.2, 0) is 9.59 Å². The first-order chi connectivity index (χ1) is 9.25. The number of halogens is 2. The van der Waals surface area contributed by atoms with Crippen molar-refractivity contribution in [1.82, 2.24) is 0 Å². The number of carboxylic acid groups (broad SMARTS) is 1. The van der Waals surface area contributed by atoms with Crippen LogP contribution in [0.2, 0.25) is 10.0 Å². The van der Waals surface area contributed by atoms with Gasteiger partial charge in [0.25, 0.3) is 11.8 Å². The number of aromatic carboxylic acids is 1. The highest BCUT2D eigenvalue weighted by Gasteiger charge is 2.38. The third kappa shape index (κ3) is 2.09. The fraction of sp³-hybridized carbons (Fsp3) is 0.154. The summed E-state index contributed by atoms with van der Waals surface area (Å²) in [5.74, 6) is -2.49. The third-order valence-corrected chi connectivity index (χ3v) is 3.60. The number of carbonyl (C=O) groups excluding carboxylic acids is 2. The van der Waals surface area contributed by atoms with Gasteiger partial charge in [0.15, 0.2) is 0 Å². The van der Waals surface area contributed by atoms with E-state index in [4.69, 9.17) is 23.2 Å². The lowest BCUT2D eigenvalue weighted by Crippen LogP contribution is -2.33. The molecule has 2 rings (SSSR count). The number of carboxylic acids is 1. The smallest absolute Gasteiger partial charge is 0.337 e. The number of hydrogen-bond donors (Lipinski definition) is 1. The highest BCUT2D eigenvalue weighted by atomic mass is 35.5. The van der Waals surface area contributed by atoms with Gasteiger partial charge in [0.05, 0.1) is 16.3 Å². The molecule has 1 aliphatic rings. The molecule has 0 aromatic heterocycles. The summed E-state index contributed by atoms with van der Waals surface area (Å²) < 4.78 is 0. The van der Waals surface area contributed by atoms with E-state index in [1.54, 1.807) is 0 Å². The van der Waals surface area contributed by atoms with Crippen LogP contribution < -0.4 is 4.90 Å². The molecule has 0 spiro atoms. The maximum Gasteiger partial charge on any atom is 0.337 e. The third-order valence-electron chi connectivity index (χ3n) is 3.09. The molecule has 1 aliphatic heterocycles. The molecule has 0 atom stereocenters. The summed E-state index contributed by atoms with van der Waals surface area (Å²) in [6.45, 7) is 3.00. The molecule has 0 radical (unpaired) electrons. The van der Waals surface area contributed by atoms with Crippen LogP contribution in [0.3, 0.4) is 0 Å². The molecular formula is C13H9Cl2NO4. The first kappa shape index (κ1) is 14.6. The first-order valence-electron chi connectivity index (χ1n) is 5.54. The summed E-state index contributed by atoms with van der Waals surface area (Å²) in [5.41, 5.74) is 0.0659. The van der Waals surface area contributed by atoms with Crippen molar-refractivity contribution in [2.24, 2.45) is 0 Å². The minimum Gasteiger partial charge on any atom is -0.478 e. The zero-order chi connectivity index (χ0) is 15.2. The number of hydrogen-bond acceptors (Lipinski definition) is 3. The Kier molecular flexibility index (Phi) is 3.58. The van der Waals surface area contributed by atoms with E-state index in [9.17, 15) is 19.5 Å². The number of amides is 2. The largest absolute Gasteiger partial charge is 0.478 e. The van der Waals surface area contributed by atoms with E-state index in [0.29, 0.717) is 0 Å². The maximum atomic E-state index is 12.1. The van der Waals surface area contributed by atoms with Gasteiger partial charge in [-0.3, -0.25) is 9.59 Å². The SMILES string of the molecule is CC1=C(C)C(=O)N(c2c(Cl)cc(Cl)cc2C(=O)O)C1=O. The lowest BCUT2D eigenvalue weighted by Gasteiger charge is -2.19. The molecule has 104 valence electrons. The minimum atomic E-state index is -1.33. The predicted octanol–water partition coefficient (Wildman–Crippen LogP) is 2.90. The van der Waals surface area contributed by atoms with Gasteiger partial charge in [-0.2, -0.15) is 0 Å². The van der Waals surface area contributed by atoms with Gasteiger partial charge in [0.2, 0.25) is 0 Å². The fourth-order valence-corrected chi connectivity index (χ4v) is 2.49. The van der Waals surface area contributed by atoms with Gasteiger partial charge >= 0.3 is 5.97 Å². The van der Waals surface area contributed by atoms with Crippen LogP contribution in [0.25, 0.3) is 0 Å². The Hall–Kier alpha value is -1.85. The van der Waals surface area contributed by atoms with Gasteiger partial charge in [-0.25, -0.2) is 9.69 Å². The van der Waals surface area contributed by atoms with Crippen molar-refractivity contribution in [3.8, 4) is 0 Å². The number of anilines is 1.